The van der Waals surface area contributed by atoms with Gasteiger partial charge in [-0.25, -0.2) is 0 Å². The topological polar surface area (TPSA) is 55.4 Å². The number of fused-ring (bicyclic) bond motifs is 1. The molecule has 1 aliphatic carbocycles. The highest BCUT2D eigenvalue weighted by Gasteiger charge is 2.59. The molecular formula is C27H31Cl2NO3. The second-order valence-electron chi connectivity index (χ2n) is 9.57. The average molecular weight is 488 g/mol. The lowest BCUT2D eigenvalue weighted by Crippen LogP contribution is -2.43. The Morgan fingerprint density at radius 1 is 1.21 bits per heavy atom. The molecule has 33 heavy (non-hydrogen) atoms. The molecular weight excluding hydrogens is 457 g/mol. The van der Waals surface area contributed by atoms with Crippen LogP contribution in [-0.2, 0) is 9.59 Å². The summed E-state index contributed by atoms with van der Waals surface area (Å²) in [6, 6.07) is 13.8. The number of Topliss-reactive ketones (excluding diaryl/α,β-unsaturated/α-hetero) is 1. The van der Waals surface area contributed by atoms with E-state index in [1.54, 1.807) is 13.0 Å². The quantitative estimate of drug-likeness (QED) is 0.502. The van der Waals surface area contributed by atoms with Gasteiger partial charge in [0.05, 0.1) is 5.41 Å². The van der Waals surface area contributed by atoms with Crippen molar-refractivity contribution in [2.24, 2.45) is 11.3 Å². The van der Waals surface area contributed by atoms with Gasteiger partial charge in [0.15, 0.2) is 11.9 Å². The lowest BCUT2D eigenvalue weighted by Gasteiger charge is -2.47. The van der Waals surface area contributed by atoms with Crippen LogP contribution in [0.25, 0.3) is 0 Å². The fourth-order valence-corrected chi connectivity index (χ4v) is 6.50. The first-order valence-electron chi connectivity index (χ1n) is 11.7. The van der Waals surface area contributed by atoms with Crippen molar-refractivity contribution in [3.8, 4) is 5.75 Å². The molecule has 0 spiro atoms. The SMILES string of the molecule is CC[C@@]12CC[C@@H](c3ccc(O[C@H](C)C(C)=O)cc3Cl)C(c3ccc(Cl)cc3)[C@@H]1[C@@H](C)NC2=O. The molecule has 4 nitrogen and oxygen atoms in total. The van der Waals surface area contributed by atoms with Crippen LogP contribution in [0.3, 0.4) is 0 Å². The Kier molecular flexibility index (Phi) is 6.80. The fraction of sp³-hybridized carbons (Fsp3) is 0.481. The van der Waals surface area contributed by atoms with Crippen LogP contribution in [0.15, 0.2) is 42.5 Å². The van der Waals surface area contributed by atoms with Crippen LogP contribution in [0.2, 0.25) is 10.0 Å². The largest absolute Gasteiger partial charge is 0.483 e. The first kappa shape index (κ1) is 24.1. The van der Waals surface area contributed by atoms with Crippen LogP contribution in [0.1, 0.15) is 69.9 Å². The highest BCUT2D eigenvalue weighted by molar-refractivity contribution is 6.31. The maximum absolute atomic E-state index is 13.1. The van der Waals surface area contributed by atoms with Gasteiger partial charge in [-0.1, -0.05) is 48.3 Å². The zero-order chi connectivity index (χ0) is 23.9. The van der Waals surface area contributed by atoms with Crippen molar-refractivity contribution in [3.63, 3.8) is 0 Å². The minimum absolute atomic E-state index is 0.0337. The van der Waals surface area contributed by atoms with Gasteiger partial charge in [0, 0.05) is 22.0 Å². The molecule has 6 atom stereocenters. The number of benzene rings is 2. The minimum Gasteiger partial charge on any atom is -0.483 e. The van der Waals surface area contributed by atoms with E-state index in [9.17, 15) is 9.59 Å². The van der Waals surface area contributed by atoms with Crippen LogP contribution in [-0.4, -0.2) is 23.8 Å². The van der Waals surface area contributed by atoms with Crippen molar-refractivity contribution in [3.05, 3.63) is 63.6 Å². The van der Waals surface area contributed by atoms with Gasteiger partial charge in [-0.2, -0.15) is 0 Å². The van der Waals surface area contributed by atoms with Crippen LogP contribution >= 0.6 is 23.2 Å². The molecule has 1 unspecified atom stereocenters. The molecule has 2 aliphatic rings. The summed E-state index contributed by atoms with van der Waals surface area (Å²) in [5.74, 6) is 1.14. The normalized spacial score (nSPS) is 29.8. The number of amides is 1. The second kappa shape index (κ2) is 9.31. The van der Waals surface area contributed by atoms with E-state index in [0.717, 1.165) is 24.8 Å². The summed E-state index contributed by atoms with van der Waals surface area (Å²) in [6.07, 6.45) is 1.98. The van der Waals surface area contributed by atoms with Gasteiger partial charge in [-0.15, -0.1) is 0 Å². The number of ether oxygens (including phenoxy) is 1. The molecule has 176 valence electrons. The minimum atomic E-state index is -0.523. The van der Waals surface area contributed by atoms with Crippen molar-refractivity contribution in [2.45, 2.75) is 70.9 Å². The molecule has 1 N–H and O–H groups in total. The van der Waals surface area contributed by atoms with E-state index in [2.05, 4.69) is 31.3 Å². The van der Waals surface area contributed by atoms with Crippen LogP contribution < -0.4 is 10.1 Å². The summed E-state index contributed by atoms with van der Waals surface area (Å²) < 4.78 is 5.75. The number of nitrogens with one attached hydrogen (secondary N) is 1. The van der Waals surface area contributed by atoms with Crippen molar-refractivity contribution in [1.29, 1.82) is 0 Å². The Balaban J connectivity index is 1.76. The lowest BCUT2D eigenvalue weighted by molar-refractivity contribution is -0.131. The molecule has 0 aromatic heterocycles. The van der Waals surface area contributed by atoms with Crippen molar-refractivity contribution in [1.82, 2.24) is 5.32 Å². The summed E-state index contributed by atoms with van der Waals surface area (Å²) in [5.41, 5.74) is 1.86. The predicted octanol–water partition coefficient (Wildman–Crippen LogP) is 6.54. The maximum atomic E-state index is 13.1. The molecule has 4 rings (SSSR count). The fourth-order valence-electron chi connectivity index (χ4n) is 6.06. The maximum Gasteiger partial charge on any atom is 0.226 e. The van der Waals surface area contributed by atoms with E-state index >= 15 is 0 Å². The molecule has 2 fully saturated rings. The Bertz CT molecular complexity index is 1050. The second-order valence-corrected chi connectivity index (χ2v) is 10.4. The van der Waals surface area contributed by atoms with Crippen LogP contribution in [0.5, 0.6) is 5.75 Å². The van der Waals surface area contributed by atoms with Gasteiger partial charge in [-0.05, 0) is 87.3 Å². The van der Waals surface area contributed by atoms with E-state index in [0.29, 0.717) is 15.8 Å². The molecule has 1 heterocycles. The van der Waals surface area contributed by atoms with Gasteiger partial charge in [0.2, 0.25) is 5.91 Å². The number of carbonyl (C=O) groups is 2. The molecule has 0 bridgehead atoms. The Hall–Kier alpha value is -2.04. The van der Waals surface area contributed by atoms with Gasteiger partial charge in [0.25, 0.3) is 0 Å². The van der Waals surface area contributed by atoms with Gasteiger partial charge < -0.3 is 10.1 Å². The van der Waals surface area contributed by atoms with E-state index in [-0.39, 0.29) is 40.9 Å². The molecule has 2 aromatic rings. The first-order chi connectivity index (χ1) is 15.7. The predicted molar refractivity (Wildman–Crippen MR) is 132 cm³/mol. The standard InChI is InChI=1S/C27H31Cl2NO3/c1-5-27-13-12-22(21-11-10-20(14-23(21)29)33-17(4)16(3)31)24(18-6-8-19(28)9-7-18)25(27)15(2)30-26(27)32/h6-11,14-15,17,22,24-25H,5,12-13H2,1-4H3,(H,30,32)/t15-,17-,22+,24?,25+,27-/m1/s1. The zero-order valence-corrected chi connectivity index (χ0v) is 21.0. The third-order valence-electron chi connectivity index (χ3n) is 7.85. The van der Waals surface area contributed by atoms with Crippen LogP contribution in [0.4, 0.5) is 0 Å². The number of rotatable bonds is 6. The first-order valence-corrected chi connectivity index (χ1v) is 12.5. The molecule has 1 saturated heterocycles. The zero-order valence-electron chi connectivity index (χ0n) is 19.5. The summed E-state index contributed by atoms with van der Waals surface area (Å²) in [6.45, 7) is 7.49. The van der Waals surface area contributed by atoms with Gasteiger partial charge >= 0.3 is 0 Å². The van der Waals surface area contributed by atoms with E-state index < -0.39 is 6.10 Å². The number of carbonyl (C=O) groups excluding carboxylic acids is 2. The third-order valence-corrected chi connectivity index (χ3v) is 8.43. The van der Waals surface area contributed by atoms with E-state index in [1.165, 1.54) is 12.5 Å². The Morgan fingerprint density at radius 3 is 2.52 bits per heavy atom. The lowest BCUT2D eigenvalue weighted by atomic mass is 9.54. The number of hydrogen-bond acceptors (Lipinski definition) is 3. The highest BCUT2D eigenvalue weighted by atomic mass is 35.5. The summed E-state index contributed by atoms with van der Waals surface area (Å²) >= 11 is 13.0. The van der Waals surface area contributed by atoms with Gasteiger partial charge in [0.1, 0.15) is 5.75 Å². The van der Waals surface area contributed by atoms with Crippen molar-refractivity contribution >= 4 is 34.9 Å². The molecule has 1 amide bonds. The third kappa shape index (κ3) is 4.28. The smallest absolute Gasteiger partial charge is 0.226 e. The molecule has 1 saturated carbocycles. The number of ketones is 1. The highest BCUT2D eigenvalue weighted by Crippen LogP contribution is 2.60. The summed E-state index contributed by atoms with van der Waals surface area (Å²) in [7, 11) is 0. The molecule has 6 heteroatoms. The molecule has 1 aliphatic heterocycles. The molecule has 2 aromatic carbocycles. The summed E-state index contributed by atoms with van der Waals surface area (Å²) in [5, 5.41) is 4.56. The summed E-state index contributed by atoms with van der Waals surface area (Å²) in [4.78, 5) is 24.7. The van der Waals surface area contributed by atoms with Crippen molar-refractivity contribution < 1.29 is 14.3 Å². The average Bonchev–Trinajstić information content (AvgIpc) is 3.04. The Morgan fingerprint density at radius 2 is 1.91 bits per heavy atom. The molecule has 0 radical (unpaired) electrons. The van der Waals surface area contributed by atoms with Gasteiger partial charge in [-0.3, -0.25) is 9.59 Å². The van der Waals surface area contributed by atoms with E-state index in [1.807, 2.05) is 24.3 Å². The number of halogens is 2. The number of hydrogen-bond donors (Lipinski definition) is 1. The van der Waals surface area contributed by atoms with Crippen molar-refractivity contribution in [2.75, 3.05) is 0 Å². The monoisotopic (exact) mass is 487 g/mol. The van der Waals surface area contributed by atoms with E-state index in [4.69, 9.17) is 27.9 Å². The van der Waals surface area contributed by atoms with Crippen LogP contribution in [0, 0.1) is 11.3 Å². The Labute approximate surface area is 206 Å².